The van der Waals surface area contributed by atoms with Crippen molar-refractivity contribution >= 4 is 0 Å². The van der Waals surface area contributed by atoms with Gasteiger partial charge >= 0.3 is 0 Å². The predicted octanol–water partition coefficient (Wildman–Crippen LogP) is 4.05. The summed E-state index contributed by atoms with van der Waals surface area (Å²) < 4.78 is 19.8. The molecule has 2 aromatic carbocycles. The Hall–Kier alpha value is -2.89. The maximum atomic E-state index is 14.2. The van der Waals surface area contributed by atoms with Crippen LogP contribution >= 0.6 is 0 Å². The summed E-state index contributed by atoms with van der Waals surface area (Å²) in [4.78, 5) is 0. The van der Waals surface area contributed by atoms with Crippen molar-refractivity contribution in [2.75, 3.05) is 0 Å². The topological polar surface area (TPSA) is 77.0 Å². The number of rotatable bonds is 5. The number of ether oxygens (including phenoxy) is 1. The molecule has 0 unspecified atom stereocenters. The van der Waals surface area contributed by atoms with Gasteiger partial charge in [0.05, 0.1) is 17.7 Å². The van der Waals surface area contributed by atoms with Gasteiger partial charge in [0.1, 0.15) is 29.5 Å². The first-order valence-electron chi connectivity index (χ1n) is 7.52. The highest BCUT2D eigenvalue weighted by Crippen LogP contribution is 2.30. The predicted molar refractivity (Wildman–Crippen MR) is 86.8 cm³/mol. The summed E-state index contributed by atoms with van der Waals surface area (Å²) in [6.45, 7) is 3.78. The summed E-state index contributed by atoms with van der Waals surface area (Å²) in [7, 11) is 0. The Morgan fingerprint density at radius 1 is 1.17 bits per heavy atom. The van der Waals surface area contributed by atoms with Gasteiger partial charge in [-0.05, 0) is 41.7 Å². The van der Waals surface area contributed by atoms with Crippen molar-refractivity contribution in [3.05, 3.63) is 58.4 Å². The Morgan fingerprint density at radius 2 is 1.92 bits per heavy atom. The lowest BCUT2D eigenvalue weighted by molar-refractivity contribution is 0.281. The van der Waals surface area contributed by atoms with E-state index in [1.165, 1.54) is 6.07 Å². The second-order valence-electron chi connectivity index (χ2n) is 5.85. The van der Waals surface area contributed by atoms with Crippen LogP contribution in [0.5, 0.6) is 11.5 Å². The number of aliphatic hydroxyl groups is 1. The van der Waals surface area contributed by atoms with Crippen LogP contribution in [0, 0.1) is 34.4 Å². The van der Waals surface area contributed by atoms with Gasteiger partial charge in [0.2, 0.25) is 0 Å². The van der Waals surface area contributed by atoms with E-state index in [9.17, 15) is 9.65 Å². The number of aliphatic hydroxyl groups excluding tert-OH is 1. The van der Waals surface area contributed by atoms with E-state index in [0.717, 1.165) is 6.07 Å². The lowest BCUT2D eigenvalue weighted by Crippen LogP contribution is -2.01. The van der Waals surface area contributed by atoms with E-state index in [1.807, 2.05) is 26.0 Å². The normalized spacial score (nSPS) is 10.3. The molecule has 0 amide bonds. The summed E-state index contributed by atoms with van der Waals surface area (Å²) in [6.07, 6.45) is 0.547. The van der Waals surface area contributed by atoms with Gasteiger partial charge in [-0.2, -0.15) is 10.5 Å². The SMILES string of the molecule is CC(C)Cc1cc(Oc2ccc(CO)cc2C#N)cc(F)c1C#N. The van der Waals surface area contributed by atoms with Gasteiger partial charge in [-0.1, -0.05) is 19.9 Å². The van der Waals surface area contributed by atoms with E-state index in [2.05, 4.69) is 0 Å². The molecule has 0 bridgehead atoms. The maximum absolute atomic E-state index is 14.2. The fourth-order valence-corrected chi connectivity index (χ4v) is 2.40. The van der Waals surface area contributed by atoms with Crippen molar-refractivity contribution in [2.45, 2.75) is 26.9 Å². The first-order chi connectivity index (χ1) is 11.5. The molecule has 0 fully saturated rings. The van der Waals surface area contributed by atoms with E-state index >= 15 is 0 Å². The quantitative estimate of drug-likeness (QED) is 0.900. The Labute approximate surface area is 140 Å². The molecule has 1 N–H and O–H groups in total. The van der Waals surface area contributed by atoms with Crippen LogP contribution in [0.4, 0.5) is 4.39 Å². The monoisotopic (exact) mass is 324 g/mol. The van der Waals surface area contributed by atoms with Gasteiger partial charge in [-0.3, -0.25) is 0 Å². The average Bonchev–Trinajstić information content (AvgIpc) is 2.54. The largest absolute Gasteiger partial charge is 0.456 e. The highest BCUT2D eigenvalue weighted by molar-refractivity contribution is 5.49. The third kappa shape index (κ3) is 3.90. The van der Waals surface area contributed by atoms with Crippen LogP contribution in [0.25, 0.3) is 0 Å². The van der Waals surface area contributed by atoms with E-state index in [0.29, 0.717) is 17.5 Å². The zero-order valence-electron chi connectivity index (χ0n) is 13.5. The first kappa shape index (κ1) is 17.5. The van der Waals surface area contributed by atoms with Crippen molar-refractivity contribution in [2.24, 2.45) is 5.92 Å². The van der Waals surface area contributed by atoms with E-state index in [1.54, 1.807) is 18.2 Å². The minimum Gasteiger partial charge on any atom is -0.456 e. The molecule has 4 nitrogen and oxygen atoms in total. The third-order valence-corrected chi connectivity index (χ3v) is 3.46. The van der Waals surface area contributed by atoms with Gasteiger partial charge in [-0.25, -0.2) is 4.39 Å². The van der Waals surface area contributed by atoms with Crippen molar-refractivity contribution in [1.82, 2.24) is 0 Å². The average molecular weight is 324 g/mol. The smallest absolute Gasteiger partial charge is 0.145 e. The molecular weight excluding hydrogens is 307 g/mol. The molecule has 0 aliphatic heterocycles. The second kappa shape index (κ2) is 7.59. The number of nitriles is 2. The fourth-order valence-electron chi connectivity index (χ4n) is 2.40. The van der Waals surface area contributed by atoms with Crippen LogP contribution in [0.3, 0.4) is 0 Å². The fraction of sp³-hybridized carbons (Fsp3) is 0.263. The van der Waals surface area contributed by atoms with Crippen LogP contribution < -0.4 is 4.74 Å². The number of halogens is 1. The lowest BCUT2D eigenvalue weighted by Gasteiger charge is -2.13. The summed E-state index contributed by atoms with van der Waals surface area (Å²) in [5.74, 6) is 0.117. The number of hydrogen-bond donors (Lipinski definition) is 1. The molecule has 2 aromatic rings. The van der Waals surface area contributed by atoms with E-state index in [-0.39, 0.29) is 35.2 Å². The molecular formula is C19H17FN2O2. The second-order valence-corrected chi connectivity index (χ2v) is 5.85. The van der Waals surface area contributed by atoms with Gasteiger partial charge < -0.3 is 9.84 Å². The minimum absolute atomic E-state index is 0.0205. The highest BCUT2D eigenvalue weighted by Gasteiger charge is 2.14. The van der Waals surface area contributed by atoms with Crippen molar-refractivity contribution in [3.8, 4) is 23.6 Å². The molecule has 2 rings (SSSR count). The molecule has 0 aromatic heterocycles. The molecule has 0 atom stereocenters. The molecule has 0 heterocycles. The Balaban J connectivity index is 2.42. The summed E-state index contributed by atoms with van der Waals surface area (Å²) >= 11 is 0. The molecule has 0 saturated carbocycles. The molecule has 0 aliphatic carbocycles. The third-order valence-electron chi connectivity index (χ3n) is 3.46. The molecule has 5 heteroatoms. The highest BCUT2D eigenvalue weighted by atomic mass is 19.1. The molecule has 24 heavy (non-hydrogen) atoms. The van der Waals surface area contributed by atoms with Gasteiger partial charge in [0, 0.05) is 6.07 Å². The van der Waals surface area contributed by atoms with Crippen LogP contribution in [-0.2, 0) is 13.0 Å². The minimum atomic E-state index is -0.642. The van der Waals surface area contributed by atoms with Crippen molar-refractivity contribution in [3.63, 3.8) is 0 Å². The molecule has 0 radical (unpaired) electrons. The standard InChI is InChI=1S/C19H17FN2O2/c1-12(2)5-14-7-16(8-18(20)17(14)10-22)24-19-4-3-13(11-23)6-15(19)9-21/h3-4,6-8,12,23H,5,11H2,1-2H3. The summed E-state index contributed by atoms with van der Waals surface area (Å²) in [5.41, 5.74) is 1.43. The zero-order valence-corrected chi connectivity index (χ0v) is 13.5. The number of hydrogen-bond acceptors (Lipinski definition) is 4. The van der Waals surface area contributed by atoms with Gasteiger partial charge in [0.25, 0.3) is 0 Å². The molecule has 0 spiro atoms. The van der Waals surface area contributed by atoms with Crippen LogP contribution in [-0.4, -0.2) is 5.11 Å². The van der Waals surface area contributed by atoms with Crippen LogP contribution in [0.2, 0.25) is 0 Å². The van der Waals surface area contributed by atoms with Gasteiger partial charge in [-0.15, -0.1) is 0 Å². The van der Waals surface area contributed by atoms with Crippen molar-refractivity contribution in [1.29, 1.82) is 10.5 Å². The Morgan fingerprint density at radius 3 is 2.50 bits per heavy atom. The Kier molecular flexibility index (Phi) is 5.52. The lowest BCUT2D eigenvalue weighted by atomic mass is 9.98. The molecule has 0 aliphatic rings. The zero-order chi connectivity index (χ0) is 17.7. The molecule has 0 saturated heterocycles. The van der Waals surface area contributed by atoms with Crippen molar-refractivity contribution < 1.29 is 14.2 Å². The van der Waals surface area contributed by atoms with E-state index in [4.69, 9.17) is 15.1 Å². The first-order valence-corrected chi connectivity index (χ1v) is 7.52. The van der Waals surface area contributed by atoms with Gasteiger partial charge in [0.15, 0.2) is 0 Å². The summed E-state index contributed by atoms with van der Waals surface area (Å²) in [6, 6.07) is 11.4. The van der Waals surface area contributed by atoms with Crippen LogP contribution in [0.15, 0.2) is 30.3 Å². The maximum Gasteiger partial charge on any atom is 0.145 e. The summed E-state index contributed by atoms with van der Waals surface area (Å²) in [5, 5.41) is 27.5. The number of benzene rings is 2. The Bertz CT molecular complexity index is 832. The molecule has 122 valence electrons. The van der Waals surface area contributed by atoms with E-state index < -0.39 is 5.82 Å². The van der Waals surface area contributed by atoms with Crippen LogP contribution in [0.1, 0.15) is 36.1 Å². The number of nitrogens with zero attached hydrogens (tertiary/aromatic N) is 2.